The Morgan fingerprint density at radius 1 is 1.24 bits per heavy atom. The van der Waals surface area contributed by atoms with E-state index < -0.39 is 29.7 Å². The van der Waals surface area contributed by atoms with Gasteiger partial charge in [0, 0.05) is 13.0 Å². The molecule has 1 heterocycles. The Kier molecular flexibility index (Phi) is 7.19. The molecule has 2 rings (SSSR count). The van der Waals surface area contributed by atoms with Crippen molar-refractivity contribution in [2.45, 2.75) is 52.2 Å². The summed E-state index contributed by atoms with van der Waals surface area (Å²) in [7, 11) is 0. The number of carbonyl (C=O) groups is 4. The highest BCUT2D eigenvalue weighted by atomic mass is 16.6. The van der Waals surface area contributed by atoms with Crippen LogP contribution in [0.2, 0.25) is 0 Å². The van der Waals surface area contributed by atoms with Crippen LogP contribution in [0, 0.1) is 0 Å². The van der Waals surface area contributed by atoms with E-state index in [1.54, 1.807) is 45.0 Å². The quantitative estimate of drug-likeness (QED) is 0.554. The number of hydrogen-bond donors (Lipinski definition) is 2. The van der Waals surface area contributed by atoms with Gasteiger partial charge in [0.05, 0.1) is 11.4 Å². The van der Waals surface area contributed by atoms with Crippen LogP contribution in [0.4, 0.5) is 16.2 Å². The minimum atomic E-state index is -1.04. The van der Waals surface area contributed by atoms with Crippen LogP contribution in [-0.4, -0.2) is 48.7 Å². The Morgan fingerprint density at radius 3 is 2.62 bits per heavy atom. The van der Waals surface area contributed by atoms with E-state index in [1.807, 2.05) is 0 Å². The molecule has 0 saturated carbocycles. The molecule has 1 aliphatic heterocycles. The molecule has 1 atom stereocenters. The predicted molar refractivity (Wildman–Crippen MR) is 106 cm³/mol. The van der Waals surface area contributed by atoms with Crippen molar-refractivity contribution in [1.29, 1.82) is 0 Å². The molecule has 0 unspecified atom stereocenters. The summed E-state index contributed by atoms with van der Waals surface area (Å²) in [6.45, 7) is 6.84. The zero-order chi connectivity index (χ0) is 21.6. The van der Waals surface area contributed by atoms with Gasteiger partial charge in [0.1, 0.15) is 12.1 Å². The van der Waals surface area contributed by atoms with Crippen molar-refractivity contribution in [3.8, 4) is 0 Å². The van der Waals surface area contributed by atoms with Crippen LogP contribution in [0.15, 0.2) is 24.3 Å². The van der Waals surface area contributed by atoms with Gasteiger partial charge in [0.2, 0.25) is 5.91 Å². The fourth-order valence-electron chi connectivity index (χ4n) is 2.69. The lowest BCUT2D eigenvalue weighted by atomic mass is 10.1. The van der Waals surface area contributed by atoms with Gasteiger partial charge in [-0.15, -0.1) is 0 Å². The number of rotatable bonds is 6. The molecule has 29 heavy (non-hydrogen) atoms. The molecule has 1 aliphatic rings. The third-order valence-electron chi connectivity index (χ3n) is 3.92. The number of fused-ring (bicyclic) bond motifs is 1. The largest absolute Gasteiger partial charge is 0.453 e. The van der Waals surface area contributed by atoms with Crippen molar-refractivity contribution in [3.63, 3.8) is 0 Å². The van der Waals surface area contributed by atoms with E-state index in [0.29, 0.717) is 17.8 Å². The van der Waals surface area contributed by atoms with Gasteiger partial charge < -0.3 is 20.1 Å². The first-order valence-corrected chi connectivity index (χ1v) is 9.43. The van der Waals surface area contributed by atoms with Crippen molar-refractivity contribution in [1.82, 2.24) is 5.32 Å². The summed E-state index contributed by atoms with van der Waals surface area (Å²) < 4.78 is 10.3. The zero-order valence-electron chi connectivity index (χ0n) is 17.1. The SMILES string of the molecule is C[C@H](OC(=O)CCCNC(=O)OC(C)(C)C)C(=O)N1CC(=O)Nc2ccccc21. The second kappa shape index (κ2) is 9.40. The topological polar surface area (TPSA) is 114 Å². The Hall–Kier alpha value is -3.10. The average molecular weight is 405 g/mol. The number of anilines is 2. The zero-order valence-corrected chi connectivity index (χ0v) is 17.1. The van der Waals surface area contributed by atoms with Crippen LogP contribution in [0.1, 0.15) is 40.5 Å². The van der Waals surface area contributed by atoms with E-state index in [4.69, 9.17) is 9.47 Å². The lowest BCUT2D eigenvalue weighted by molar-refractivity contribution is -0.154. The van der Waals surface area contributed by atoms with Gasteiger partial charge in [-0.1, -0.05) is 12.1 Å². The smallest absolute Gasteiger partial charge is 0.407 e. The Balaban J connectivity index is 1.80. The molecule has 2 N–H and O–H groups in total. The van der Waals surface area contributed by atoms with E-state index in [1.165, 1.54) is 11.8 Å². The van der Waals surface area contributed by atoms with E-state index in [-0.39, 0.29) is 25.4 Å². The highest BCUT2D eigenvalue weighted by molar-refractivity contribution is 6.11. The lowest BCUT2D eigenvalue weighted by Gasteiger charge is -2.30. The first-order valence-electron chi connectivity index (χ1n) is 9.43. The van der Waals surface area contributed by atoms with Crippen molar-refractivity contribution in [2.24, 2.45) is 0 Å². The number of nitrogens with one attached hydrogen (secondary N) is 2. The van der Waals surface area contributed by atoms with Crippen LogP contribution >= 0.6 is 0 Å². The number of nitrogens with zero attached hydrogens (tertiary/aromatic N) is 1. The molecule has 9 heteroatoms. The summed E-state index contributed by atoms with van der Waals surface area (Å²) in [4.78, 5) is 49.4. The number of amides is 3. The second-order valence-electron chi connectivity index (χ2n) is 7.65. The molecular formula is C20H27N3O6. The fourth-order valence-corrected chi connectivity index (χ4v) is 2.69. The van der Waals surface area contributed by atoms with Gasteiger partial charge >= 0.3 is 12.1 Å². The van der Waals surface area contributed by atoms with E-state index >= 15 is 0 Å². The number of carbonyl (C=O) groups excluding carboxylic acids is 4. The van der Waals surface area contributed by atoms with E-state index in [2.05, 4.69) is 10.6 Å². The highest BCUT2D eigenvalue weighted by Crippen LogP contribution is 2.29. The average Bonchev–Trinajstić information content (AvgIpc) is 2.62. The predicted octanol–water partition coefficient (Wildman–Crippen LogP) is 2.21. The molecule has 0 spiro atoms. The van der Waals surface area contributed by atoms with E-state index in [9.17, 15) is 19.2 Å². The van der Waals surface area contributed by atoms with Crippen molar-refractivity contribution >= 4 is 35.3 Å². The maximum absolute atomic E-state index is 12.7. The van der Waals surface area contributed by atoms with Crippen LogP contribution in [0.25, 0.3) is 0 Å². The molecular weight excluding hydrogens is 378 g/mol. The number of esters is 1. The molecule has 1 aromatic carbocycles. The van der Waals surface area contributed by atoms with Gasteiger partial charge in [-0.2, -0.15) is 0 Å². The summed E-state index contributed by atoms with van der Waals surface area (Å²) in [5.41, 5.74) is 0.494. The first-order chi connectivity index (χ1) is 13.6. The number of para-hydroxylation sites is 2. The van der Waals surface area contributed by atoms with Crippen LogP contribution < -0.4 is 15.5 Å². The normalized spacial score (nSPS) is 14.3. The second-order valence-corrected chi connectivity index (χ2v) is 7.65. The minimum Gasteiger partial charge on any atom is -0.453 e. The molecule has 1 aromatic rings. The summed E-state index contributed by atoms with van der Waals surface area (Å²) in [5, 5.41) is 5.25. The summed E-state index contributed by atoms with van der Waals surface area (Å²) in [6.07, 6.45) is -1.23. The molecule has 0 aromatic heterocycles. The molecule has 3 amide bonds. The standard InChI is InChI=1S/C20H27N3O6/c1-13(28-17(25)10-7-11-21-19(27)29-20(2,3)4)18(26)23-12-16(24)22-14-8-5-6-9-15(14)23/h5-6,8-9,13H,7,10-12H2,1-4H3,(H,21,27)(H,22,24)/t13-/m0/s1. The fraction of sp³-hybridized carbons (Fsp3) is 0.500. The highest BCUT2D eigenvalue weighted by Gasteiger charge is 2.31. The third-order valence-corrected chi connectivity index (χ3v) is 3.92. The molecule has 158 valence electrons. The van der Waals surface area contributed by atoms with Crippen molar-refractivity contribution < 1.29 is 28.7 Å². The number of benzene rings is 1. The van der Waals surface area contributed by atoms with Crippen LogP contribution in [0.5, 0.6) is 0 Å². The molecule has 0 radical (unpaired) electrons. The maximum atomic E-state index is 12.7. The Labute approximate surface area is 169 Å². The molecule has 0 bridgehead atoms. The third kappa shape index (κ3) is 6.78. The Morgan fingerprint density at radius 2 is 1.93 bits per heavy atom. The summed E-state index contributed by atoms with van der Waals surface area (Å²) in [5.74, 6) is -1.36. The van der Waals surface area contributed by atoms with Gasteiger partial charge in [0.15, 0.2) is 6.10 Å². The summed E-state index contributed by atoms with van der Waals surface area (Å²) in [6, 6.07) is 6.91. The van der Waals surface area contributed by atoms with Crippen molar-refractivity contribution in [2.75, 3.05) is 23.3 Å². The number of alkyl carbamates (subject to hydrolysis) is 1. The Bertz CT molecular complexity index is 787. The lowest BCUT2D eigenvalue weighted by Crippen LogP contribution is -2.47. The molecule has 0 aliphatic carbocycles. The van der Waals surface area contributed by atoms with Crippen LogP contribution in [0.3, 0.4) is 0 Å². The van der Waals surface area contributed by atoms with Gasteiger partial charge in [-0.05, 0) is 46.2 Å². The number of hydrogen-bond acceptors (Lipinski definition) is 6. The van der Waals surface area contributed by atoms with Gasteiger partial charge in [-0.3, -0.25) is 19.3 Å². The minimum absolute atomic E-state index is 0.0322. The van der Waals surface area contributed by atoms with Gasteiger partial charge in [0.25, 0.3) is 5.91 Å². The van der Waals surface area contributed by atoms with Crippen molar-refractivity contribution in [3.05, 3.63) is 24.3 Å². The number of ether oxygens (including phenoxy) is 2. The van der Waals surface area contributed by atoms with E-state index in [0.717, 1.165) is 0 Å². The first kappa shape index (κ1) is 22.2. The maximum Gasteiger partial charge on any atom is 0.407 e. The van der Waals surface area contributed by atoms with Crippen LogP contribution in [-0.2, 0) is 23.9 Å². The van der Waals surface area contributed by atoms with Gasteiger partial charge in [-0.25, -0.2) is 4.79 Å². The molecule has 0 fully saturated rings. The molecule has 0 saturated heterocycles. The monoisotopic (exact) mass is 405 g/mol. The summed E-state index contributed by atoms with van der Waals surface area (Å²) >= 11 is 0. The molecule has 9 nitrogen and oxygen atoms in total.